The summed E-state index contributed by atoms with van der Waals surface area (Å²) < 4.78 is 5.60. The molecule has 0 aliphatic heterocycles. The van der Waals surface area contributed by atoms with Gasteiger partial charge in [-0.15, -0.1) is 0 Å². The van der Waals surface area contributed by atoms with Crippen LogP contribution in [0.3, 0.4) is 0 Å². The second kappa shape index (κ2) is 6.41. The fraction of sp³-hybridized carbons (Fsp3) is 0.286. The molecule has 2 aromatic rings. The molecule has 1 N–H and O–H groups in total. The van der Waals surface area contributed by atoms with Gasteiger partial charge in [-0.1, -0.05) is 24.9 Å². The van der Waals surface area contributed by atoms with Crippen molar-refractivity contribution < 1.29 is 4.74 Å². The molecule has 2 rings (SSSR count). The van der Waals surface area contributed by atoms with Gasteiger partial charge in [0, 0.05) is 5.56 Å². The third kappa shape index (κ3) is 3.04. The maximum absolute atomic E-state index is 11.9. The van der Waals surface area contributed by atoms with E-state index in [0.717, 1.165) is 24.1 Å². The van der Waals surface area contributed by atoms with Crippen molar-refractivity contribution in [1.82, 2.24) is 9.97 Å². The molecule has 0 fully saturated rings. The van der Waals surface area contributed by atoms with Gasteiger partial charge in [-0.25, -0.2) is 4.98 Å². The van der Waals surface area contributed by atoms with Crippen molar-refractivity contribution in [3.8, 4) is 17.1 Å². The minimum Gasteiger partial charge on any atom is -0.495 e. The topological polar surface area (TPSA) is 55.0 Å². The predicted molar refractivity (Wildman–Crippen MR) is 83.6 cm³/mol. The van der Waals surface area contributed by atoms with Crippen molar-refractivity contribution >= 4 is 27.5 Å². The number of aromatic amines is 1. The van der Waals surface area contributed by atoms with Gasteiger partial charge >= 0.3 is 0 Å². The van der Waals surface area contributed by atoms with Crippen LogP contribution in [0.5, 0.6) is 5.75 Å². The van der Waals surface area contributed by atoms with Crippen LogP contribution in [0.4, 0.5) is 0 Å². The number of hydrogen-bond donors (Lipinski definition) is 1. The zero-order chi connectivity index (χ0) is 14.7. The van der Waals surface area contributed by atoms with E-state index in [1.807, 2.05) is 13.0 Å². The Balaban J connectivity index is 2.52. The minimum atomic E-state index is -0.189. The minimum absolute atomic E-state index is 0.189. The number of nitrogens with one attached hydrogen (secondary N) is 1. The van der Waals surface area contributed by atoms with Crippen molar-refractivity contribution in [3.05, 3.63) is 43.7 Å². The lowest BCUT2D eigenvalue weighted by Gasteiger charge is -2.08. The van der Waals surface area contributed by atoms with Gasteiger partial charge in [0.15, 0.2) is 0 Å². The fourth-order valence-electron chi connectivity index (χ4n) is 1.86. The highest BCUT2D eigenvalue weighted by Crippen LogP contribution is 2.28. The monoisotopic (exact) mass is 356 g/mol. The zero-order valence-corrected chi connectivity index (χ0v) is 13.5. The molecule has 1 aromatic heterocycles. The van der Waals surface area contributed by atoms with Crippen LogP contribution in [0, 0.1) is 0 Å². The highest BCUT2D eigenvalue weighted by molar-refractivity contribution is 9.10. The molecule has 0 amide bonds. The van der Waals surface area contributed by atoms with E-state index < -0.39 is 0 Å². The Hall–Kier alpha value is -1.33. The molecule has 0 radical (unpaired) electrons. The van der Waals surface area contributed by atoms with Crippen molar-refractivity contribution in [3.63, 3.8) is 0 Å². The lowest BCUT2D eigenvalue weighted by atomic mass is 10.2. The summed E-state index contributed by atoms with van der Waals surface area (Å²) in [6, 6.07) is 5.29. The van der Waals surface area contributed by atoms with Crippen LogP contribution in [-0.4, -0.2) is 17.1 Å². The lowest BCUT2D eigenvalue weighted by Crippen LogP contribution is -2.13. The van der Waals surface area contributed by atoms with E-state index in [1.54, 1.807) is 19.2 Å². The van der Waals surface area contributed by atoms with Crippen molar-refractivity contribution in [2.75, 3.05) is 7.11 Å². The van der Waals surface area contributed by atoms with Gasteiger partial charge in [0.25, 0.3) is 5.56 Å². The zero-order valence-electron chi connectivity index (χ0n) is 11.2. The van der Waals surface area contributed by atoms with Crippen LogP contribution in [0.2, 0.25) is 5.02 Å². The number of benzene rings is 1. The van der Waals surface area contributed by atoms with E-state index in [1.165, 1.54) is 0 Å². The van der Waals surface area contributed by atoms with Gasteiger partial charge in [0.1, 0.15) is 16.0 Å². The Bertz CT molecular complexity index is 685. The average molecular weight is 358 g/mol. The van der Waals surface area contributed by atoms with Crippen molar-refractivity contribution in [2.45, 2.75) is 19.8 Å². The van der Waals surface area contributed by atoms with Crippen LogP contribution in [0.1, 0.15) is 19.0 Å². The first-order valence-corrected chi connectivity index (χ1v) is 7.36. The van der Waals surface area contributed by atoms with E-state index in [4.69, 9.17) is 16.3 Å². The van der Waals surface area contributed by atoms with Gasteiger partial charge in [0.2, 0.25) is 0 Å². The number of aromatic nitrogens is 2. The number of ether oxygens (including phenoxy) is 1. The Morgan fingerprint density at radius 1 is 1.45 bits per heavy atom. The first-order chi connectivity index (χ1) is 9.56. The lowest BCUT2D eigenvalue weighted by molar-refractivity contribution is 0.415. The number of rotatable bonds is 4. The van der Waals surface area contributed by atoms with Crippen LogP contribution < -0.4 is 10.3 Å². The molecule has 0 atom stereocenters. The normalized spacial score (nSPS) is 10.6. The van der Waals surface area contributed by atoms with Crippen LogP contribution >= 0.6 is 27.5 Å². The smallest absolute Gasteiger partial charge is 0.265 e. The van der Waals surface area contributed by atoms with E-state index >= 15 is 0 Å². The third-order valence-electron chi connectivity index (χ3n) is 2.84. The highest BCUT2D eigenvalue weighted by atomic mass is 79.9. The Morgan fingerprint density at radius 2 is 2.20 bits per heavy atom. The molecule has 0 saturated heterocycles. The first kappa shape index (κ1) is 15.1. The molecule has 0 aliphatic rings. The van der Waals surface area contributed by atoms with Crippen molar-refractivity contribution in [2.24, 2.45) is 0 Å². The molecule has 1 heterocycles. The second-order valence-corrected chi connectivity index (χ2v) is 5.47. The molecule has 4 nitrogen and oxygen atoms in total. The van der Waals surface area contributed by atoms with Crippen LogP contribution in [0.15, 0.2) is 27.5 Å². The second-order valence-electron chi connectivity index (χ2n) is 4.27. The first-order valence-electron chi connectivity index (χ1n) is 6.19. The summed E-state index contributed by atoms with van der Waals surface area (Å²) in [6.45, 7) is 2.04. The maximum atomic E-state index is 11.9. The molecule has 20 heavy (non-hydrogen) atoms. The number of methoxy groups -OCH3 is 1. The van der Waals surface area contributed by atoms with Crippen molar-refractivity contribution in [1.29, 1.82) is 0 Å². The third-order valence-corrected chi connectivity index (χ3v) is 3.96. The molecule has 0 aliphatic carbocycles. The van der Waals surface area contributed by atoms with E-state index in [-0.39, 0.29) is 5.56 Å². The summed E-state index contributed by atoms with van der Waals surface area (Å²) >= 11 is 9.37. The molecular weight excluding hydrogens is 344 g/mol. The quantitative estimate of drug-likeness (QED) is 0.905. The standard InChI is InChI=1S/C14H14BrClN2O2/c1-3-4-10-12(15)14(19)18-13(17-10)8-5-6-11(20-2)9(16)7-8/h5-7H,3-4H2,1-2H3,(H,17,18,19). The number of nitrogens with zero attached hydrogens (tertiary/aromatic N) is 1. The molecule has 1 aromatic carbocycles. The molecule has 106 valence electrons. The van der Waals surface area contributed by atoms with Crippen LogP contribution in [0.25, 0.3) is 11.4 Å². The molecule has 0 saturated carbocycles. The van der Waals surface area contributed by atoms with E-state index in [2.05, 4.69) is 25.9 Å². The number of halogens is 2. The van der Waals surface area contributed by atoms with Gasteiger partial charge < -0.3 is 9.72 Å². The number of hydrogen-bond acceptors (Lipinski definition) is 3. The van der Waals surface area contributed by atoms with Crippen LogP contribution in [-0.2, 0) is 6.42 Å². The largest absolute Gasteiger partial charge is 0.495 e. The number of aryl methyl sites for hydroxylation is 1. The van der Waals surface area contributed by atoms with E-state index in [9.17, 15) is 4.79 Å². The molecule has 0 unspecified atom stereocenters. The summed E-state index contributed by atoms with van der Waals surface area (Å²) in [4.78, 5) is 19.1. The Kier molecular flexibility index (Phi) is 4.83. The summed E-state index contributed by atoms with van der Waals surface area (Å²) in [5.74, 6) is 1.09. The Labute approximate surface area is 130 Å². The van der Waals surface area contributed by atoms with Gasteiger partial charge in [0.05, 0.1) is 17.8 Å². The molecular formula is C14H14BrClN2O2. The molecule has 0 bridgehead atoms. The summed E-state index contributed by atoms with van der Waals surface area (Å²) in [7, 11) is 1.56. The maximum Gasteiger partial charge on any atom is 0.265 e. The SMILES string of the molecule is CCCc1nc(-c2ccc(OC)c(Cl)c2)[nH]c(=O)c1Br. The van der Waals surface area contributed by atoms with Gasteiger partial charge in [-0.05, 0) is 40.5 Å². The van der Waals surface area contributed by atoms with E-state index in [0.29, 0.717) is 21.1 Å². The predicted octanol–water partition coefficient (Wildman–Crippen LogP) is 3.81. The van der Waals surface area contributed by atoms with Gasteiger partial charge in [-0.2, -0.15) is 0 Å². The summed E-state index contributed by atoms with van der Waals surface area (Å²) in [6.07, 6.45) is 1.65. The fourth-order valence-corrected chi connectivity index (χ4v) is 2.50. The molecule has 0 spiro atoms. The summed E-state index contributed by atoms with van der Waals surface area (Å²) in [5.41, 5.74) is 1.31. The highest BCUT2D eigenvalue weighted by Gasteiger charge is 2.11. The molecule has 6 heteroatoms. The average Bonchev–Trinajstić information content (AvgIpc) is 2.43. The summed E-state index contributed by atoms with van der Waals surface area (Å²) in [5, 5.41) is 0.479. The number of H-pyrrole nitrogens is 1. The van der Waals surface area contributed by atoms with Gasteiger partial charge in [-0.3, -0.25) is 4.79 Å². The Morgan fingerprint density at radius 3 is 2.80 bits per heavy atom.